The number of aromatic hydroxyl groups is 1. The maximum atomic E-state index is 13.4. The van der Waals surface area contributed by atoms with Gasteiger partial charge in [0.2, 0.25) is 5.76 Å². The number of amides is 2. The predicted octanol–water partition coefficient (Wildman–Crippen LogP) is 4.28. The van der Waals surface area contributed by atoms with Crippen molar-refractivity contribution in [3.05, 3.63) is 65.9 Å². The summed E-state index contributed by atoms with van der Waals surface area (Å²) in [6.45, 7) is 2.17. The van der Waals surface area contributed by atoms with E-state index in [0.717, 1.165) is 11.8 Å². The molecular formula is C24H29N3O5S. The van der Waals surface area contributed by atoms with Gasteiger partial charge in [0.1, 0.15) is 11.8 Å². The standard InChI is InChI=1S/C24H29N3O5S/c1-6-33(4,5)19-13-9-17(10-14-19)25-23(29)22(16-7-11-18(31-3)12-8-16)27(2)24(30)20-15-21(28)26-32-20/h7-15,22H,6H2,1-5H3,(H,25,29)(H,26,28). The lowest BCUT2D eigenvalue weighted by atomic mass is 10.0. The third-order valence-electron chi connectivity index (χ3n) is 5.58. The topological polar surface area (TPSA) is 105 Å². The van der Waals surface area contributed by atoms with Crippen LogP contribution < -0.4 is 10.1 Å². The first-order valence-corrected chi connectivity index (χ1v) is 13.0. The Hall–Kier alpha value is -3.46. The van der Waals surface area contributed by atoms with E-state index < -0.39 is 33.8 Å². The second-order valence-corrected chi connectivity index (χ2v) is 12.1. The van der Waals surface area contributed by atoms with Crippen LogP contribution in [0.2, 0.25) is 0 Å². The Kier molecular flexibility index (Phi) is 7.33. The van der Waals surface area contributed by atoms with Crippen molar-refractivity contribution in [2.75, 3.05) is 37.7 Å². The van der Waals surface area contributed by atoms with Gasteiger partial charge in [0.25, 0.3) is 17.7 Å². The van der Waals surface area contributed by atoms with Gasteiger partial charge in [-0.3, -0.25) is 9.59 Å². The molecule has 9 heteroatoms. The highest BCUT2D eigenvalue weighted by Crippen LogP contribution is 2.48. The van der Waals surface area contributed by atoms with Crippen LogP contribution in [-0.2, 0) is 4.79 Å². The Morgan fingerprint density at radius 2 is 1.79 bits per heavy atom. The summed E-state index contributed by atoms with van der Waals surface area (Å²) in [7, 11) is 2.17. The predicted molar refractivity (Wildman–Crippen MR) is 129 cm³/mol. The molecule has 0 fully saturated rings. The van der Waals surface area contributed by atoms with Gasteiger partial charge in [-0.05, 0) is 70.3 Å². The summed E-state index contributed by atoms with van der Waals surface area (Å²) in [5, 5.41) is 15.7. The van der Waals surface area contributed by atoms with Crippen LogP contribution in [0.4, 0.5) is 5.69 Å². The molecule has 3 rings (SSSR count). The molecule has 1 heterocycles. The van der Waals surface area contributed by atoms with Crippen molar-refractivity contribution in [3.8, 4) is 11.6 Å². The molecule has 2 N–H and O–H groups in total. The fourth-order valence-corrected chi connectivity index (χ4v) is 4.48. The molecule has 8 nitrogen and oxygen atoms in total. The van der Waals surface area contributed by atoms with E-state index in [-0.39, 0.29) is 5.76 Å². The number of methoxy groups -OCH3 is 1. The van der Waals surface area contributed by atoms with Gasteiger partial charge in [-0.25, -0.2) is 10.0 Å². The molecule has 0 saturated heterocycles. The number of nitrogens with zero attached hydrogens (tertiary/aromatic N) is 2. The van der Waals surface area contributed by atoms with Crippen molar-refractivity contribution in [2.45, 2.75) is 17.9 Å². The van der Waals surface area contributed by atoms with Crippen molar-refractivity contribution in [1.82, 2.24) is 10.1 Å². The van der Waals surface area contributed by atoms with Crippen LogP contribution in [0.15, 0.2) is 64.0 Å². The van der Waals surface area contributed by atoms with Crippen LogP contribution in [0.25, 0.3) is 0 Å². The molecule has 3 aromatic rings. The quantitative estimate of drug-likeness (QED) is 0.508. The minimum absolute atomic E-state index is 0.171. The van der Waals surface area contributed by atoms with E-state index in [2.05, 4.69) is 29.9 Å². The minimum atomic E-state index is -0.965. The first-order chi connectivity index (χ1) is 15.7. The molecule has 33 heavy (non-hydrogen) atoms. The van der Waals surface area contributed by atoms with E-state index in [1.807, 2.05) is 24.3 Å². The Balaban J connectivity index is 1.89. The zero-order valence-corrected chi connectivity index (χ0v) is 20.2. The molecule has 2 aromatic carbocycles. The third-order valence-corrected chi connectivity index (χ3v) is 8.57. The number of aromatic nitrogens is 1. The van der Waals surface area contributed by atoms with Gasteiger partial charge in [0, 0.05) is 12.7 Å². The smallest absolute Gasteiger partial charge is 0.293 e. The van der Waals surface area contributed by atoms with Crippen molar-refractivity contribution in [3.63, 3.8) is 0 Å². The molecule has 0 saturated carbocycles. The number of hydrogen-bond acceptors (Lipinski definition) is 6. The first kappa shape index (κ1) is 24.2. The Morgan fingerprint density at radius 3 is 2.30 bits per heavy atom. The van der Waals surface area contributed by atoms with E-state index >= 15 is 0 Å². The number of anilines is 1. The maximum Gasteiger partial charge on any atom is 0.293 e. The molecule has 1 aromatic heterocycles. The third kappa shape index (κ3) is 5.48. The van der Waals surface area contributed by atoms with Crippen LogP contribution in [0.3, 0.4) is 0 Å². The SMILES string of the molecule is CCS(C)(C)c1ccc(NC(=O)C(c2ccc(OC)cc2)N(C)C(=O)c2cc(O)no2)cc1. The number of carbonyl (C=O) groups is 2. The highest BCUT2D eigenvalue weighted by Gasteiger charge is 2.31. The molecular weight excluding hydrogens is 442 g/mol. The fraction of sp³-hybridized carbons (Fsp3) is 0.292. The lowest BCUT2D eigenvalue weighted by Crippen LogP contribution is -2.38. The summed E-state index contributed by atoms with van der Waals surface area (Å²) in [5.74, 6) is 0.132. The molecule has 1 atom stereocenters. The lowest BCUT2D eigenvalue weighted by molar-refractivity contribution is -0.120. The van der Waals surface area contributed by atoms with Crippen LogP contribution in [0, 0.1) is 0 Å². The molecule has 0 aliphatic carbocycles. The van der Waals surface area contributed by atoms with Gasteiger partial charge in [-0.1, -0.05) is 19.1 Å². The number of carbonyl (C=O) groups excluding carboxylic acids is 2. The molecule has 1 unspecified atom stereocenters. The van der Waals surface area contributed by atoms with Gasteiger partial charge >= 0.3 is 0 Å². The van der Waals surface area contributed by atoms with Crippen LogP contribution in [-0.4, -0.2) is 59.4 Å². The second-order valence-electron chi connectivity index (χ2n) is 7.98. The fourth-order valence-electron chi connectivity index (χ4n) is 3.28. The first-order valence-electron chi connectivity index (χ1n) is 10.3. The zero-order valence-electron chi connectivity index (χ0n) is 19.4. The molecule has 0 bridgehead atoms. The van der Waals surface area contributed by atoms with Gasteiger partial charge in [-0.15, -0.1) is 0 Å². The number of hydrogen-bond donors (Lipinski definition) is 2. The van der Waals surface area contributed by atoms with E-state index in [1.54, 1.807) is 31.4 Å². The monoisotopic (exact) mass is 471 g/mol. The van der Waals surface area contributed by atoms with Crippen LogP contribution in [0.1, 0.15) is 29.1 Å². The normalized spacial score (nSPS) is 12.6. The maximum absolute atomic E-state index is 13.4. The van der Waals surface area contributed by atoms with E-state index in [1.165, 1.54) is 16.8 Å². The van der Waals surface area contributed by atoms with E-state index in [9.17, 15) is 14.7 Å². The minimum Gasteiger partial charge on any atom is -0.497 e. The number of nitrogens with one attached hydrogen (secondary N) is 1. The Bertz CT molecular complexity index is 1110. The average Bonchev–Trinajstić information content (AvgIpc) is 3.25. The molecule has 0 radical (unpaired) electrons. The number of benzene rings is 2. The van der Waals surface area contributed by atoms with Crippen molar-refractivity contribution < 1.29 is 24.0 Å². The summed E-state index contributed by atoms with van der Waals surface area (Å²) >= 11 is 0. The Morgan fingerprint density at radius 1 is 1.15 bits per heavy atom. The van der Waals surface area contributed by atoms with Crippen molar-refractivity contribution in [2.24, 2.45) is 0 Å². The highest BCUT2D eigenvalue weighted by atomic mass is 32.3. The van der Waals surface area contributed by atoms with E-state index in [0.29, 0.717) is 17.0 Å². The molecule has 0 aliphatic rings. The highest BCUT2D eigenvalue weighted by molar-refractivity contribution is 8.32. The molecule has 0 spiro atoms. The summed E-state index contributed by atoms with van der Waals surface area (Å²) in [4.78, 5) is 28.8. The van der Waals surface area contributed by atoms with Crippen molar-refractivity contribution in [1.29, 1.82) is 0 Å². The van der Waals surface area contributed by atoms with E-state index in [4.69, 9.17) is 9.26 Å². The second kappa shape index (κ2) is 9.99. The summed E-state index contributed by atoms with van der Waals surface area (Å²) in [5.41, 5.74) is 1.22. The summed E-state index contributed by atoms with van der Waals surface area (Å²) in [6.07, 6.45) is 4.50. The van der Waals surface area contributed by atoms with Crippen molar-refractivity contribution >= 4 is 27.5 Å². The number of ether oxygens (including phenoxy) is 1. The van der Waals surface area contributed by atoms with Gasteiger partial charge in [-0.2, -0.15) is 0 Å². The van der Waals surface area contributed by atoms with Crippen LogP contribution >= 0.6 is 10.0 Å². The zero-order chi connectivity index (χ0) is 24.2. The average molecular weight is 472 g/mol. The lowest BCUT2D eigenvalue weighted by Gasteiger charge is -2.30. The van der Waals surface area contributed by atoms with Gasteiger partial charge in [0.05, 0.1) is 13.2 Å². The summed E-state index contributed by atoms with van der Waals surface area (Å²) < 4.78 is 10.1. The number of likely N-dealkylation sites (N-methyl/N-ethyl adjacent to an activating group) is 1. The number of rotatable bonds is 8. The van der Waals surface area contributed by atoms with Crippen LogP contribution in [0.5, 0.6) is 11.6 Å². The van der Waals surface area contributed by atoms with Gasteiger partial charge < -0.3 is 24.6 Å². The molecule has 0 aliphatic heterocycles. The Labute approximate surface area is 194 Å². The largest absolute Gasteiger partial charge is 0.497 e. The summed E-state index contributed by atoms with van der Waals surface area (Å²) in [6, 6.07) is 14.8. The molecule has 176 valence electrons. The van der Waals surface area contributed by atoms with Gasteiger partial charge in [0.15, 0.2) is 0 Å². The molecule has 2 amide bonds.